The summed E-state index contributed by atoms with van der Waals surface area (Å²) in [6.07, 6.45) is 5.99. The van der Waals surface area contributed by atoms with Crippen LogP contribution in [-0.2, 0) is 9.59 Å². The van der Waals surface area contributed by atoms with E-state index in [1.807, 2.05) is 6.92 Å². The van der Waals surface area contributed by atoms with E-state index in [1.165, 1.54) is 11.1 Å². The highest BCUT2D eigenvalue weighted by Crippen LogP contribution is 2.56. The van der Waals surface area contributed by atoms with Crippen molar-refractivity contribution in [1.82, 2.24) is 0 Å². The number of allylic oxidation sites excluding steroid dienone is 2. The van der Waals surface area contributed by atoms with Gasteiger partial charge < -0.3 is 5.11 Å². The zero-order chi connectivity index (χ0) is 17.4. The van der Waals surface area contributed by atoms with E-state index in [2.05, 4.69) is 27.7 Å². The predicted molar refractivity (Wildman–Crippen MR) is 92.2 cm³/mol. The lowest BCUT2D eigenvalue weighted by molar-refractivity contribution is -0.138. The summed E-state index contributed by atoms with van der Waals surface area (Å²) in [4.78, 5) is 23.3. The van der Waals surface area contributed by atoms with Gasteiger partial charge in [-0.1, -0.05) is 31.9 Å². The largest absolute Gasteiger partial charge is 0.481 e. The predicted octanol–water partition coefficient (Wildman–Crippen LogP) is 5.00. The van der Waals surface area contributed by atoms with E-state index in [0.29, 0.717) is 18.1 Å². The van der Waals surface area contributed by atoms with Crippen molar-refractivity contribution in [2.45, 2.75) is 79.6 Å². The van der Waals surface area contributed by atoms with Gasteiger partial charge in [-0.2, -0.15) is 0 Å². The molecule has 0 aromatic heterocycles. The number of rotatable bonds is 5. The van der Waals surface area contributed by atoms with Gasteiger partial charge in [-0.3, -0.25) is 9.59 Å². The van der Waals surface area contributed by atoms with Crippen molar-refractivity contribution in [3.05, 3.63) is 11.1 Å². The second-order valence-electron chi connectivity index (χ2n) is 8.60. The van der Waals surface area contributed by atoms with Crippen molar-refractivity contribution in [1.29, 1.82) is 0 Å². The van der Waals surface area contributed by atoms with Crippen LogP contribution in [0.5, 0.6) is 0 Å². The monoisotopic (exact) mass is 320 g/mol. The first-order chi connectivity index (χ1) is 10.6. The average Bonchev–Trinajstić information content (AvgIpc) is 2.44. The minimum absolute atomic E-state index is 0.123. The van der Waals surface area contributed by atoms with Crippen molar-refractivity contribution in [3.63, 3.8) is 0 Å². The maximum atomic E-state index is 12.4. The van der Waals surface area contributed by atoms with Crippen molar-refractivity contribution in [2.24, 2.45) is 22.7 Å². The lowest BCUT2D eigenvalue weighted by Gasteiger charge is -2.49. The highest BCUT2D eigenvalue weighted by Gasteiger charge is 2.47. The second-order valence-corrected chi connectivity index (χ2v) is 8.60. The summed E-state index contributed by atoms with van der Waals surface area (Å²) in [7, 11) is 0. The van der Waals surface area contributed by atoms with E-state index >= 15 is 0 Å². The Morgan fingerprint density at radius 2 is 1.87 bits per heavy atom. The van der Waals surface area contributed by atoms with Gasteiger partial charge in [0.15, 0.2) is 0 Å². The highest BCUT2D eigenvalue weighted by molar-refractivity contribution is 5.89. The molecule has 0 spiro atoms. The Hall–Kier alpha value is -1.12. The van der Waals surface area contributed by atoms with Crippen molar-refractivity contribution < 1.29 is 14.7 Å². The van der Waals surface area contributed by atoms with E-state index in [1.54, 1.807) is 0 Å². The highest BCUT2D eigenvalue weighted by atomic mass is 16.4. The fraction of sp³-hybridized carbons (Fsp3) is 0.800. The van der Waals surface area contributed by atoms with Gasteiger partial charge in [-0.25, -0.2) is 0 Å². The zero-order valence-electron chi connectivity index (χ0n) is 15.4. The molecule has 0 aromatic rings. The third kappa shape index (κ3) is 3.39. The Bertz CT molecular complexity index is 529. The smallest absolute Gasteiger partial charge is 0.303 e. The third-order valence-corrected chi connectivity index (χ3v) is 6.70. The molecule has 2 aliphatic rings. The van der Waals surface area contributed by atoms with Gasteiger partial charge in [-0.05, 0) is 63.2 Å². The molecule has 23 heavy (non-hydrogen) atoms. The molecule has 0 heterocycles. The first kappa shape index (κ1) is 18.2. The lowest BCUT2D eigenvalue weighted by Crippen LogP contribution is -2.41. The number of carboxylic acids is 1. The maximum Gasteiger partial charge on any atom is 0.303 e. The number of carbonyl (C=O) groups excluding carboxylic acids is 1. The quantitative estimate of drug-likeness (QED) is 0.725. The molecule has 3 unspecified atom stereocenters. The SMILES string of the molecule is CC(CCC1(C)C2=C(CCC1C)C(C)(C)C(=O)CC2)CC(=O)O. The van der Waals surface area contributed by atoms with Crippen LogP contribution in [0.4, 0.5) is 0 Å². The Morgan fingerprint density at radius 1 is 1.22 bits per heavy atom. The summed E-state index contributed by atoms with van der Waals surface area (Å²) in [6.45, 7) is 10.9. The van der Waals surface area contributed by atoms with Crippen LogP contribution in [0.1, 0.15) is 79.6 Å². The first-order valence-electron chi connectivity index (χ1n) is 9.07. The Morgan fingerprint density at radius 3 is 2.48 bits per heavy atom. The minimum Gasteiger partial charge on any atom is -0.481 e. The van der Waals surface area contributed by atoms with Crippen LogP contribution in [0.3, 0.4) is 0 Å². The van der Waals surface area contributed by atoms with Crippen LogP contribution in [0.2, 0.25) is 0 Å². The summed E-state index contributed by atoms with van der Waals surface area (Å²) in [5.74, 6) is 0.485. The fourth-order valence-corrected chi connectivity index (χ4v) is 4.66. The van der Waals surface area contributed by atoms with Crippen molar-refractivity contribution in [3.8, 4) is 0 Å². The van der Waals surface area contributed by atoms with Crippen molar-refractivity contribution in [2.75, 3.05) is 0 Å². The second kappa shape index (κ2) is 6.41. The lowest BCUT2D eigenvalue weighted by atomic mass is 9.55. The molecule has 0 bridgehead atoms. The van der Waals surface area contributed by atoms with Crippen LogP contribution in [0, 0.1) is 22.7 Å². The van der Waals surface area contributed by atoms with E-state index in [4.69, 9.17) is 5.11 Å². The molecular weight excluding hydrogens is 288 g/mol. The molecule has 3 nitrogen and oxygen atoms in total. The maximum absolute atomic E-state index is 12.4. The van der Waals surface area contributed by atoms with Crippen molar-refractivity contribution >= 4 is 11.8 Å². The topological polar surface area (TPSA) is 54.4 Å². The molecule has 0 saturated heterocycles. The number of hydrogen-bond donors (Lipinski definition) is 1. The number of ketones is 1. The van der Waals surface area contributed by atoms with Crippen LogP contribution in [0.25, 0.3) is 0 Å². The molecule has 0 saturated carbocycles. The molecule has 0 radical (unpaired) electrons. The van der Waals surface area contributed by atoms with Gasteiger partial charge >= 0.3 is 5.97 Å². The third-order valence-electron chi connectivity index (χ3n) is 6.70. The van der Waals surface area contributed by atoms with Crippen LogP contribution < -0.4 is 0 Å². The number of aliphatic carboxylic acids is 1. The number of carbonyl (C=O) groups is 2. The molecule has 2 aliphatic carbocycles. The van der Waals surface area contributed by atoms with Gasteiger partial charge in [0.25, 0.3) is 0 Å². The van der Waals surface area contributed by atoms with Crippen LogP contribution >= 0.6 is 0 Å². The molecule has 3 heteroatoms. The van der Waals surface area contributed by atoms with Gasteiger partial charge in [-0.15, -0.1) is 0 Å². The molecule has 3 atom stereocenters. The van der Waals surface area contributed by atoms with Crippen LogP contribution in [-0.4, -0.2) is 16.9 Å². The Labute approximate surface area is 140 Å². The first-order valence-corrected chi connectivity index (χ1v) is 9.07. The summed E-state index contributed by atoms with van der Waals surface area (Å²) < 4.78 is 0. The molecule has 130 valence electrons. The molecule has 0 amide bonds. The molecule has 1 N–H and O–H groups in total. The van der Waals surface area contributed by atoms with Gasteiger partial charge in [0.2, 0.25) is 0 Å². The van der Waals surface area contributed by atoms with Gasteiger partial charge in [0.1, 0.15) is 5.78 Å². The number of carboxylic acid groups (broad SMARTS) is 1. The Kier molecular flexibility index (Phi) is 5.08. The van der Waals surface area contributed by atoms with Gasteiger partial charge in [0, 0.05) is 18.3 Å². The normalized spacial score (nSPS) is 31.7. The van der Waals surface area contributed by atoms with E-state index in [-0.39, 0.29) is 23.2 Å². The molecule has 0 aliphatic heterocycles. The standard InChI is InChI=1S/C20H32O3/c1-13(12-18(22)23)10-11-20(5)14(2)6-7-15-16(20)8-9-17(21)19(15,3)4/h13-14H,6-12H2,1-5H3,(H,22,23). The molecular formula is C20H32O3. The van der Waals surface area contributed by atoms with Crippen LogP contribution in [0.15, 0.2) is 11.1 Å². The molecule has 0 fully saturated rings. The minimum atomic E-state index is -0.705. The van der Waals surface area contributed by atoms with E-state index < -0.39 is 5.97 Å². The number of hydrogen-bond acceptors (Lipinski definition) is 2. The number of Topliss-reactive ketones (excluding diaryl/α,β-unsaturated/α-hetero) is 1. The summed E-state index contributed by atoms with van der Waals surface area (Å²) in [5.41, 5.74) is 2.73. The fourth-order valence-electron chi connectivity index (χ4n) is 4.66. The summed E-state index contributed by atoms with van der Waals surface area (Å²) in [6, 6.07) is 0. The summed E-state index contributed by atoms with van der Waals surface area (Å²) in [5, 5.41) is 8.98. The van der Waals surface area contributed by atoms with E-state index in [0.717, 1.165) is 32.1 Å². The molecule has 0 aromatic carbocycles. The summed E-state index contributed by atoms with van der Waals surface area (Å²) >= 11 is 0. The van der Waals surface area contributed by atoms with Gasteiger partial charge in [0.05, 0.1) is 0 Å². The molecule has 2 rings (SSSR count). The Balaban J connectivity index is 2.26. The average molecular weight is 320 g/mol. The zero-order valence-corrected chi connectivity index (χ0v) is 15.4. The van der Waals surface area contributed by atoms with E-state index in [9.17, 15) is 9.59 Å².